The third-order valence-electron chi connectivity index (χ3n) is 8.50. The highest BCUT2D eigenvalue weighted by Gasteiger charge is 2.73. The van der Waals surface area contributed by atoms with Gasteiger partial charge in [0.15, 0.2) is 0 Å². The average molecular weight is 566 g/mol. The number of amides is 3. The number of nitrogens with one attached hydrogen (secondary N) is 1. The van der Waals surface area contributed by atoms with Crippen LogP contribution in [0.3, 0.4) is 0 Å². The van der Waals surface area contributed by atoms with Gasteiger partial charge in [-0.1, -0.05) is 54.6 Å². The highest BCUT2D eigenvalue weighted by Crippen LogP contribution is 2.56. The third kappa shape index (κ3) is 5.08. The van der Waals surface area contributed by atoms with Crippen molar-refractivity contribution in [3.8, 4) is 0 Å². The number of hydrogen-bond acceptors (Lipinski definition) is 7. The smallest absolute Gasteiger partial charge is 0.313 e. The van der Waals surface area contributed by atoms with Crippen LogP contribution in [-0.4, -0.2) is 87.6 Å². The molecule has 2 N–H and O–H groups in total. The molecule has 2 saturated heterocycles. The van der Waals surface area contributed by atoms with Gasteiger partial charge < -0.3 is 29.7 Å². The number of benzene rings is 1. The van der Waals surface area contributed by atoms with Crippen molar-refractivity contribution in [1.82, 2.24) is 15.1 Å². The van der Waals surface area contributed by atoms with Gasteiger partial charge in [-0.25, -0.2) is 0 Å². The molecule has 2 fully saturated rings. The summed E-state index contributed by atoms with van der Waals surface area (Å²) in [4.78, 5) is 58.1. The quantitative estimate of drug-likeness (QED) is 0.424. The van der Waals surface area contributed by atoms with Crippen LogP contribution in [0.2, 0.25) is 0 Å². The summed E-state index contributed by atoms with van der Waals surface area (Å²) >= 11 is 0. The number of esters is 1. The van der Waals surface area contributed by atoms with Gasteiger partial charge in [0, 0.05) is 25.0 Å². The van der Waals surface area contributed by atoms with Crippen LogP contribution in [0.5, 0.6) is 0 Å². The molecular weight excluding hydrogens is 526 g/mol. The fraction of sp³-hybridized carbons (Fsp3) is 0.548. The van der Waals surface area contributed by atoms with Crippen LogP contribution >= 0.6 is 0 Å². The molecule has 1 aromatic carbocycles. The molecule has 0 radical (unpaired) electrons. The zero-order valence-corrected chi connectivity index (χ0v) is 24.0. The summed E-state index contributed by atoms with van der Waals surface area (Å²) in [5.74, 6) is -3.55. The summed E-state index contributed by atoms with van der Waals surface area (Å²) in [6.45, 7) is 7.35. The number of aliphatic hydroxyl groups is 1. The lowest BCUT2D eigenvalue weighted by Crippen LogP contribution is -2.59. The van der Waals surface area contributed by atoms with E-state index in [-0.39, 0.29) is 37.9 Å². The van der Waals surface area contributed by atoms with Crippen molar-refractivity contribution in [2.24, 2.45) is 11.8 Å². The van der Waals surface area contributed by atoms with E-state index in [4.69, 9.17) is 9.47 Å². The number of rotatable bonds is 3. The zero-order chi connectivity index (χ0) is 29.5. The molecule has 1 spiro atoms. The second-order valence-corrected chi connectivity index (χ2v) is 12.2. The van der Waals surface area contributed by atoms with E-state index in [0.717, 1.165) is 0 Å². The van der Waals surface area contributed by atoms with Gasteiger partial charge in [0.25, 0.3) is 0 Å². The molecule has 5 bridgehead atoms. The number of fused-ring (bicyclic) bond motifs is 2. The maximum absolute atomic E-state index is 14.3. The molecule has 41 heavy (non-hydrogen) atoms. The van der Waals surface area contributed by atoms with Crippen molar-refractivity contribution >= 4 is 23.7 Å². The van der Waals surface area contributed by atoms with Gasteiger partial charge in [0.05, 0.1) is 24.7 Å². The van der Waals surface area contributed by atoms with E-state index in [1.165, 1.54) is 4.90 Å². The van der Waals surface area contributed by atoms with Crippen molar-refractivity contribution in [2.75, 3.05) is 19.7 Å². The average Bonchev–Trinajstić information content (AvgIpc) is 3.56. The second kappa shape index (κ2) is 11.1. The number of β-amino-alcohol motifs (C(OH)–C–C–N with tert-alkyl or cyclic N) is 1. The molecule has 220 valence electrons. The Hall–Kier alpha value is -3.50. The third-order valence-corrected chi connectivity index (χ3v) is 8.50. The van der Waals surface area contributed by atoms with Crippen LogP contribution in [0.1, 0.15) is 52.2 Å². The molecular formula is C31H39N3O7. The number of nitrogens with zero attached hydrogens (tertiary/aromatic N) is 2. The van der Waals surface area contributed by atoms with E-state index < -0.39 is 59.1 Å². The topological polar surface area (TPSA) is 125 Å². The molecule has 3 amide bonds. The normalized spacial score (nSPS) is 35.0. The summed E-state index contributed by atoms with van der Waals surface area (Å²) < 4.78 is 12.5. The summed E-state index contributed by atoms with van der Waals surface area (Å²) in [5.41, 5.74) is -1.27. The van der Waals surface area contributed by atoms with Gasteiger partial charge in [-0.15, -0.1) is 0 Å². The number of allylic oxidation sites excluding steroid dienone is 1. The van der Waals surface area contributed by atoms with Gasteiger partial charge in [0.2, 0.25) is 17.7 Å². The number of carbonyl (C=O) groups is 4. The molecule has 10 nitrogen and oxygen atoms in total. The molecule has 5 rings (SSSR count). The first-order chi connectivity index (χ1) is 19.5. The maximum atomic E-state index is 14.3. The minimum absolute atomic E-state index is 0.0688. The predicted octanol–water partition coefficient (Wildman–Crippen LogP) is 1.90. The number of hydrogen-bond donors (Lipinski definition) is 2. The Kier molecular flexibility index (Phi) is 7.82. The highest BCUT2D eigenvalue weighted by atomic mass is 16.6. The Morgan fingerprint density at radius 2 is 1.80 bits per heavy atom. The fourth-order valence-electron chi connectivity index (χ4n) is 6.63. The number of likely N-dealkylation sites (tertiary alicyclic amines) is 1. The zero-order valence-electron chi connectivity index (χ0n) is 24.0. The molecule has 4 aliphatic heterocycles. The Morgan fingerprint density at radius 3 is 2.49 bits per heavy atom. The Labute approximate surface area is 240 Å². The number of carbonyl (C=O) groups excluding carboxylic acids is 4. The van der Waals surface area contributed by atoms with E-state index >= 15 is 0 Å². The predicted molar refractivity (Wildman–Crippen MR) is 149 cm³/mol. The summed E-state index contributed by atoms with van der Waals surface area (Å²) in [5, 5.41) is 12.8. The van der Waals surface area contributed by atoms with Crippen LogP contribution in [0.15, 0.2) is 54.6 Å². The fourth-order valence-corrected chi connectivity index (χ4v) is 6.63. The highest BCUT2D eigenvalue weighted by molar-refractivity contribution is 5.99. The first-order valence-corrected chi connectivity index (χ1v) is 14.3. The van der Waals surface area contributed by atoms with Gasteiger partial charge >= 0.3 is 5.97 Å². The minimum atomic E-state index is -1.36. The van der Waals surface area contributed by atoms with Crippen LogP contribution in [-0.2, 0) is 28.7 Å². The van der Waals surface area contributed by atoms with E-state index in [2.05, 4.69) is 5.32 Å². The lowest BCUT2D eigenvalue weighted by molar-refractivity contribution is -0.161. The standard InChI is InChI=1S/C31H39N3O7/c1-19-25(20-11-7-5-8-12-20)40-29(39)23-21-14-15-31(41-21)24(23)27(37)33(17-18-35)26(31)28(38)34(30(2,3)4)16-10-6-9-13-22(36)32-19/h5-8,10-12,14-15,19,21,23-26,35H,9,13,16-18H2,1-4H3,(H,32,36)/b10-6-/t19-,21+,23-,24-,25+,26+,31-/m1/s1. The van der Waals surface area contributed by atoms with Gasteiger partial charge in [0.1, 0.15) is 23.7 Å². The molecule has 7 atom stereocenters. The largest absolute Gasteiger partial charge is 0.455 e. The van der Waals surface area contributed by atoms with E-state index in [0.29, 0.717) is 12.0 Å². The van der Waals surface area contributed by atoms with Crippen LogP contribution in [0, 0.1) is 11.8 Å². The van der Waals surface area contributed by atoms with E-state index in [9.17, 15) is 24.3 Å². The van der Waals surface area contributed by atoms with Crippen LogP contribution in [0.4, 0.5) is 0 Å². The molecule has 0 aromatic heterocycles. The molecule has 0 saturated carbocycles. The van der Waals surface area contributed by atoms with Crippen molar-refractivity contribution < 1.29 is 33.8 Å². The van der Waals surface area contributed by atoms with Gasteiger partial charge in [-0.2, -0.15) is 0 Å². The first-order valence-electron chi connectivity index (χ1n) is 14.3. The second-order valence-electron chi connectivity index (χ2n) is 12.2. The summed E-state index contributed by atoms with van der Waals surface area (Å²) in [7, 11) is 0. The monoisotopic (exact) mass is 565 g/mol. The lowest BCUT2D eigenvalue weighted by atomic mass is 9.74. The molecule has 0 unspecified atom stereocenters. The van der Waals surface area contributed by atoms with Gasteiger partial charge in [-0.05, 0) is 39.7 Å². The molecule has 10 heteroatoms. The van der Waals surface area contributed by atoms with Crippen molar-refractivity contribution in [2.45, 2.75) is 76.0 Å². The number of cyclic esters (lactones) is 1. The molecule has 1 aromatic rings. The lowest BCUT2D eigenvalue weighted by Gasteiger charge is -2.41. The first kappa shape index (κ1) is 29.0. The van der Waals surface area contributed by atoms with E-state index in [1.54, 1.807) is 24.0 Å². The van der Waals surface area contributed by atoms with Crippen LogP contribution < -0.4 is 5.32 Å². The SMILES string of the molecule is C[C@H]1NC(=O)CC/C=C\CN(C(C)(C)C)C(=O)[C@@H]2N(CCO)C(=O)[C@H]3[C@H](C(=O)O[C@@H]1c1ccccc1)[C@@H]1C=C[C@]23O1. The number of ether oxygens (including phenoxy) is 2. The van der Waals surface area contributed by atoms with Crippen molar-refractivity contribution in [3.63, 3.8) is 0 Å². The summed E-state index contributed by atoms with van der Waals surface area (Å²) in [6.07, 6.45) is 6.33. The van der Waals surface area contributed by atoms with E-state index in [1.807, 2.05) is 63.3 Å². The molecule has 4 heterocycles. The minimum Gasteiger partial charge on any atom is -0.455 e. The van der Waals surface area contributed by atoms with Crippen molar-refractivity contribution in [1.29, 1.82) is 0 Å². The van der Waals surface area contributed by atoms with Crippen LogP contribution in [0.25, 0.3) is 0 Å². The number of aliphatic hydroxyl groups excluding tert-OH is 1. The van der Waals surface area contributed by atoms with Gasteiger partial charge in [-0.3, -0.25) is 19.2 Å². The maximum Gasteiger partial charge on any atom is 0.313 e. The molecule has 4 aliphatic rings. The Balaban J connectivity index is 1.59. The Bertz CT molecular complexity index is 1260. The van der Waals surface area contributed by atoms with Crippen molar-refractivity contribution in [3.05, 3.63) is 60.2 Å². The molecule has 0 aliphatic carbocycles. The summed E-state index contributed by atoms with van der Waals surface area (Å²) in [6, 6.07) is 7.55. The Morgan fingerprint density at radius 1 is 1.07 bits per heavy atom.